The second kappa shape index (κ2) is 3.94. The number of rotatable bonds is 1. The van der Waals surface area contributed by atoms with Crippen LogP contribution in [-0.2, 0) is 10.8 Å². The Kier molecular flexibility index (Phi) is 2.92. The molecule has 0 fully saturated rings. The first-order valence-corrected chi connectivity index (χ1v) is 6.82. The Morgan fingerprint density at radius 2 is 1.78 bits per heavy atom. The molecule has 1 aliphatic carbocycles. The zero-order valence-corrected chi connectivity index (χ0v) is 12.4. The molecule has 2 rings (SSSR count). The number of hydrogen-bond acceptors (Lipinski definition) is 1. The summed E-state index contributed by atoms with van der Waals surface area (Å²) in [5.74, 6) is 0.784. The SMILES string of the molecule is CC(=O)c1ccc2c(c1)C(C)(C)[C@H](C)CC2(C)C. The average Bonchev–Trinajstić information content (AvgIpc) is 2.26. The Hall–Kier alpha value is -1.11. The molecule has 0 amide bonds. The third-order valence-corrected chi connectivity index (χ3v) is 4.90. The first kappa shape index (κ1) is 13.3. The van der Waals surface area contributed by atoms with Crippen molar-refractivity contribution < 1.29 is 4.79 Å². The van der Waals surface area contributed by atoms with E-state index in [1.165, 1.54) is 17.5 Å². The van der Waals surface area contributed by atoms with Crippen molar-refractivity contribution in [2.75, 3.05) is 0 Å². The maximum absolute atomic E-state index is 11.6. The van der Waals surface area contributed by atoms with E-state index in [-0.39, 0.29) is 16.6 Å². The molecule has 1 aromatic carbocycles. The normalized spacial score (nSPS) is 24.4. The molecule has 1 heteroatoms. The van der Waals surface area contributed by atoms with Crippen LogP contribution in [0.1, 0.15) is 69.4 Å². The molecule has 0 unspecified atom stereocenters. The number of fused-ring (bicyclic) bond motifs is 1. The molecule has 0 spiro atoms. The zero-order chi connectivity index (χ0) is 13.7. The lowest BCUT2D eigenvalue weighted by Crippen LogP contribution is -2.40. The molecule has 1 aliphatic rings. The van der Waals surface area contributed by atoms with Crippen molar-refractivity contribution in [2.45, 2.75) is 58.8 Å². The predicted octanol–water partition coefficient (Wildman–Crippen LogP) is 4.48. The first-order valence-electron chi connectivity index (χ1n) is 6.82. The second-order valence-corrected chi connectivity index (χ2v) is 7.03. The maximum Gasteiger partial charge on any atom is 0.159 e. The summed E-state index contributed by atoms with van der Waals surface area (Å²) in [5, 5.41) is 0. The Morgan fingerprint density at radius 1 is 1.17 bits per heavy atom. The lowest BCUT2D eigenvalue weighted by molar-refractivity contribution is 0.101. The van der Waals surface area contributed by atoms with Gasteiger partial charge in [-0.15, -0.1) is 0 Å². The van der Waals surface area contributed by atoms with Crippen LogP contribution in [-0.4, -0.2) is 5.78 Å². The van der Waals surface area contributed by atoms with Crippen LogP contribution in [0.2, 0.25) is 0 Å². The molecule has 0 N–H and O–H groups in total. The van der Waals surface area contributed by atoms with Gasteiger partial charge < -0.3 is 0 Å². The van der Waals surface area contributed by atoms with Gasteiger partial charge in [0.1, 0.15) is 0 Å². The highest BCUT2D eigenvalue weighted by molar-refractivity contribution is 5.94. The van der Waals surface area contributed by atoms with Crippen LogP contribution in [0.3, 0.4) is 0 Å². The minimum atomic E-state index is 0.149. The highest BCUT2D eigenvalue weighted by Crippen LogP contribution is 2.49. The maximum atomic E-state index is 11.6. The van der Waals surface area contributed by atoms with Gasteiger partial charge in [-0.25, -0.2) is 0 Å². The van der Waals surface area contributed by atoms with Crippen LogP contribution in [0, 0.1) is 5.92 Å². The minimum Gasteiger partial charge on any atom is -0.295 e. The summed E-state index contributed by atoms with van der Waals surface area (Å²) < 4.78 is 0. The van der Waals surface area contributed by atoms with Crippen molar-refractivity contribution in [2.24, 2.45) is 5.92 Å². The van der Waals surface area contributed by atoms with Gasteiger partial charge >= 0.3 is 0 Å². The van der Waals surface area contributed by atoms with E-state index in [9.17, 15) is 4.79 Å². The van der Waals surface area contributed by atoms with Gasteiger partial charge in [0.05, 0.1) is 0 Å². The summed E-state index contributed by atoms with van der Waals surface area (Å²) >= 11 is 0. The zero-order valence-electron chi connectivity index (χ0n) is 12.4. The van der Waals surface area contributed by atoms with E-state index in [0.29, 0.717) is 5.92 Å². The van der Waals surface area contributed by atoms with Crippen molar-refractivity contribution in [3.63, 3.8) is 0 Å². The Balaban J connectivity index is 2.68. The van der Waals surface area contributed by atoms with E-state index in [0.717, 1.165) is 5.56 Å². The largest absolute Gasteiger partial charge is 0.295 e. The number of ketones is 1. The summed E-state index contributed by atoms with van der Waals surface area (Å²) in [6, 6.07) is 6.27. The standard InChI is InChI=1S/C17H24O/c1-11-10-16(3,4)14-8-7-13(12(2)18)9-15(14)17(11,5)6/h7-9,11H,10H2,1-6H3/t11-/m1/s1. The topological polar surface area (TPSA) is 17.1 Å². The van der Waals surface area contributed by atoms with Crippen LogP contribution in [0.5, 0.6) is 0 Å². The predicted molar refractivity (Wildman–Crippen MR) is 76.3 cm³/mol. The second-order valence-electron chi connectivity index (χ2n) is 7.03. The van der Waals surface area contributed by atoms with Crippen LogP contribution < -0.4 is 0 Å². The molecule has 0 radical (unpaired) electrons. The van der Waals surface area contributed by atoms with Crippen molar-refractivity contribution >= 4 is 5.78 Å². The first-order chi connectivity index (χ1) is 8.16. The van der Waals surface area contributed by atoms with Gasteiger partial charge in [0.2, 0.25) is 0 Å². The summed E-state index contributed by atoms with van der Waals surface area (Å²) in [6.45, 7) is 13.2. The lowest BCUT2D eigenvalue weighted by Gasteiger charge is -2.46. The van der Waals surface area contributed by atoms with Gasteiger partial charge in [-0.1, -0.05) is 46.8 Å². The van der Waals surface area contributed by atoms with Gasteiger partial charge in [0, 0.05) is 5.56 Å². The number of hydrogen-bond donors (Lipinski definition) is 0. The van der Waals surface area contributed by atoms with Crippen LogP contribution in [0.25, 0.3) is 0 Å². The van der Waals surface area contributed by atoms with Crippen LogP contribution in [0.15, 0.2) is 18.2 Å². The summed E-state index contributed by atoms with van der Waals surface area (Å²) in [4.78, 5) is 11.6. The van der Waals surface area contributed by atoms with E-state index >= 15 is 0 Å². The number of Topliss-reactive ketones (excluding diaryl/α,β-unsaturated/α-hetero) is 1. The molecule has 0 aromatic heterocycles. The average molecular weight is 244 g/mol. The Labute approximate surface area is 111 Å². The van der Waals surface area contributed by atoms with Gasteiger partial charge in [-0.05, 0) is 47.3 Å². The van der Waals surface area contributed by atoms with E-state index in [1.54, 1.807) is 6.92 Å². The lowest BCUT2D eigenvalue weighted by atomic mass is 9.58. The molecular weight excluding hydrogens is 220 g/mol. The molecule has 98 valence electrons. The van der Waals surface area contributed by atoms with Gasteiger partial charge in [0.25, 0.3) is 0 Å². The third kappa shape index (κ3) is 1.90. The van der Waals surface area contributed by atoms with E-state index in [1.807, 2.05) is 6.07 Å². The van der Waals surface area contributed by atoms with Crippen LogP contribution >= 0.6 is 0 Å². The third-order valence-electron chi connectivity index (χ3n) is 4.90. The molecule has 0 bridgehead atoms. The minimum absolute atomic E-state index is 0.149. The highest BCUT2D eigenvalue weighted by atomic mass is 16.1. The Morgan fingerprint density at radius 3 is 2.33 bits per heavy atom. The van der Waals surface area contributed by atoms with Gasteiger partial charge in [-0.3, -0.25) is 4.79 Å². The van der Waals surface area contributed by atoms with E-state index < -0.39 is 0 Å². The van der Waals surface area contributed by atoms with Crippen molar-refractivity contribution in [3.05, 3.63) is 34.9 Å². The molecule has 0 saturated carbocycles. The molecule has 1 atom stereocenters. The summed E-state index contributed by atoms with van der Waals surface area (Å²) in [7, 11) is 0. The van der Waals surface area contributed by atoms with Gasteiger partial charge in [-0.2, -0.15) is 0 Å². The summed E-state index contributed by atoms with van der Waals surface area (Å²) in [6.07, 6.45) is 1.20. The van der Waals surface area contributed by atoms with Crippen molar-refractivity contribution in [1.29, 1.82) is 0 Å². The summed E-state index contributed by atoms with van der Waals surface area (Å²) in [5.41, 5.74) is 3.97. The van der Waals surface area contributed by atoms with E-state index in [2.05, 4.69) is 46.8 Å². The number of benzene rings is 1. The van der Waals surface area contributed by atoms with Crippen LogP contribution in [0.4, 0.5) is 0 Å². The van der Waals surface area contributed by atoms with Crippen molar-refractivity contribution in [3.8, 4) is 0 Å². The smallest absolute Gasteiger partial charge is 0.159 e. The quantitative estimate of drug-likeness (QED) is 0.665. The molecule has 1 nitrogen and oxygen atoms in total. The molecular formula is C17H24O. The van der Waals surface area contributed by atoms with Crippen molar-refractivity contribution in [1.82, 2.24) is 0 Å². The molecule has 18 heavy (non-hydrogen) atoms. The highest BCUT2D eigenvalue weighted by Gasteiger charge is 2.41. The monoisotopic (exact) mass is 244 g/mol. The van der Waals surface area contributed by atoms with E-state index in [4.69, 9.17) is 0 Å². The fraction of sp³-hybridized carbons (Fsp3) is 0.588. The molecule has 1 aromatic rings. The fourth-order valence-corrected chi connectivity index (χ4v) is 3.28. The molecule has 0 heterocycles. The number of carbonyl (C=O) groups is 1. The molecule has 0 aliphatic heterocycles. The molecule has 0 saturated heterocycles. The number of carbonyl (C=O) groups excluding carboxylic acids is 1. The van der Waals surface area contributed by atoms with Gasteiger partial charge in [0.15, 0.2) is 5.78 Å². The Bertz CT molecular complexity index is 494. The fourth-order valence-electron chi connectivity index (χ4n) is 3.28.